The first kappa shape index (κ1) is 15.9. The normalized spacial score (nSPS) is 18.4. The molecule has 1 atom stereocenters. The van der Waals surface area contributed by atoms with Crippen LogP contribution in [0.5, 0.6) is 11.5 Å². The van der Waals surface area contributed by atoms with E-state index in [0.29, 0.717) is 52.0 Å². The molecule has 1 aromatic carbocycles. The molecule has 0 spiro atoms. The molecule has 0 bridgehead atoms. The lowest BCUT2D eigenvalue weighted by molar-refractivity contribution is 0.0532. The highest BCUT2D eigenvalue weighted by Gasteiger charge is 2.17. The minimum Gasteiger partial charge on any atom is -0.486 e. The summed E-state index contributed by atoms with van der Waals surface area (Å²) in [5.74, 6) is 1.97. The molecule has 126 valence electrons. The predicted octanol–water partition coefficient (Wildman–Crippen LogP) is 1.99. The fraction of sp³-hybridized carbons (Fsp3) is 0.588. The molecule has 1 N–H and O–H groups in total. The maximum absolute atomic E-state index is 12.0. The number of ether oxygens (including phenoxy) is 3. The lowest BCUT2D eigenvalue weighted by Gasteiger charge is -2.27. The maximum atomic E-state index is 12.0. The zero-order valence-corrected chi connectivity index (χ0v) is 13.5. The molecular weight excluding hydrogens is 296 g/mol. The quantitative estimate of drug-likeness (QED) is 0.922. The van der Waals surface area contributed by atoms with Crippen LogP contribution in [0, 0.1) is 0 Å². The topological polar surface area (TPSA) is 60.0 Å². The van der Waals surface area contributed by atoms with Gasteiger partial charge in [0.05, 0.1) is 13.2 Å². The summed E-state index contributed by atoms with van der Waals surface area (Å²) in [6.45, 7) is 6.61. The van der Waals surface area contributed by atoms with Gasteiger partial charge in [0, 0.05) is 19.6 Å². The van der Waals surface area contributed by atoms with Gasteiger partial charge in [0.1, 0.15) is 13.2 Å². The van der Waals surface area contributed by atoms with Crippen LogP contribution in [-0.4, -0.2) is 57.0 Å². The van der Waals surface area contributed by atoms with Gasteiger partial charge in [-0.05, 0) is 30.0 Å². The smallest absolute Gasteiger partial charge is 0.317 e. The molecule has 0 aromatic heterocycles. The lowest BCUT2D eigenvalue weighted by Crippen LogP contribution is -2.46. The van der Waals surface area contributed by atoms with Gasteiger partial charge in [-0.2, -0.15) is 0 Å². The third-order valence-corrected chi connectivity index (χ3v) is 4.29. The maximum Gasteiger partial charge on any atom is 0.317 e. The second-order valence-electron chi connectivity index (χ2n) is 5.92. The molecular formula is C17H24N2O4. The monoisotopic (exact) mass is 320 g/mol. The van der Waals surface area contributed by atoms with E-state index >= 15 is 0 Å². The molecule has 3 rings (SSSR count). The summed E-state index contributed by atoms with van der Waals surface area (Å²) in [4.78, 5) is 13.8. The van der Waals surface area contributed by atoms with Crippen LogP contribution in [-0.2, 0) is 4.74 Å². The molecule has 2 aliphatic heterocycles. The first-order valence-electron chi connectivity index (χ1n) is 8.24. The molecule has 2 amide bonds. The molecule has 0 aliphatic carbocycles. The molecule has 1 fully saturated rings. The van der Waals surface area contributed by atoms with E-state index < -0.39 is 0 Å². The zero-order valence-electron chi connectivity index (χ0n) is 13.5. The lowest BCUT2D eigenvalue weighted by atomic mass is 9.97. The minimum atomic E-state index is 0.00248. The van der Waals surface area contributed by atoms with E-state index in [0.717, 1.165) is 17.9 Å². The molecule has 6 nitrogen and oxygen atoms in total. The van der Waals surface area contributed by atoms with Crippen LogP contribution in [0.15, 0.2) is 18.2 Å². The van der Waals surface area contributed by atoms with Gasteiger partial charge in [-0.3, -0.25) is 0 Å². The Hall–Kier alpha value is -1.95. The van der Waals surface area contributed by atoms with Crippen molar-refractivity contribution in [3.8, 4) is 11.5 Å². The van der Waals surface area contributed by atoms with E-state index in [9.17, 15) is 4.79 Å². The van der Waals surface area contributed by atoms with E-state index in [2.05, 4.69) is 18.3 Å². The Morgan fingerprint density at radius 1 is 1.17 bits per heavy atom. The molecule has 1 saturated heterocycles. The number of urea groups is 1. The van der Waals surface area contributed by atoms with Crippen molar-refractivity contribution < 1.29 is 19.0 Å². The number of rotatable bonds is 4. The van der Waals surface area contributed by atoms with Crippen molar-refractivity contribution in [3.05, 3.63) is 23.8 Å². The summed E-state index contributed by atoms with van der Waals surface area (Å²) in [5.41, 5.74) is 1.20. The van der Waals surface area contributed by atoms with E-state index in [-0.39, 0.29) is 6.03 Å². The van der Waals surface area contributed by atoms with E-state index in [1.54, 1.807) is 4.90 Å². The molecule has 2 heterocycles. The van der Waals surface area contributed by atoms with Crippen molar-refractivity contribution >= 4 is 6.03 Å². The molecule has 1 aromatic rings. The average molecular weight is 320 g/mol. The highest BCUT2D eigenvalue weighted by atomic mass is 16.6. The van der Waals surface area contributed by atoms with Crippen LogP contribution in [0.4, 0.5) is 4.79 Å². The fourth-order valence-electron chi connectivity index (χ4n) is 2.81. The Labute approximate surface area is 136 Å². The zero-order chi connectivity index (χ0) is 16.1. The van der Waals surface area contributed by atoms with Crippen molar-refractivity contribution in [1.82, 2.24) is 10.2 Å². The predicted molar refractivity (Wildman–Crippen MR) is 86.3 cm³/mol. The third kappa shape index (κ3) is 4.07. The minimum absolute atomic E-state index is 0.00248. The molecule has 23 heavy (non-hydrogen) atoms. The van der Waals surface area contributed by atoms with E-state index in [1.165, 1.54) is 5.56 Å². The van der Waals surface area contributed by atoms with Crippen LogP contribution < -0.4 is 14.8 Å². The highest BCUT2D eigenvalue weighted by molar-refractivity contribution is 5.74. The number of benzene rings is 1. The summed E-state index contributed by atoms with van der Waals surface area (Å²) < 4.78 is 16.4. The summed E-state index contributed by atoms with van der Waals surface area (Å²) in [7, 11) is 0. The number of hydrogen-bond donors (Lipinski definition) is 1. The van der Waals surface area contributed by atoms with Crippen molar-refractivity contribution in [2.75, 3.05) is 46.1 Å². The van der Waals surface area contributed by atoms with Crippen LogP contribution in [0.3, 0.4) is 0 Å². The van der Waals surface area contributed by atoms with Crippen molar-refractivity contribution in [2.24, 2.45) is 0 Å². The third-order valence-electron chi connectivity index (χ3n) is 4.29. The number of nitrogens with zero attached hydrogens (tertiary/aromatic N) is 1. The Balaban J connectivity index is 1.47. The van der Waals surface area contributed by atoms with Crippen LogP contribution >= 0.6 is 0 Å². The molecule has 0 radical (unpaired) electrons. The van der Waals surface area contributed by atoms with Gasteiger partial charge in [0.25, 0.3) is 0 Å². The summed E-state index contributed by atoms with van der Waals surface area (Å²) in [5, 5.41) is 2.99. The van der Waals surface area contributed by atoms with Crippen LogP contribution in [0.2, 0.25) is 0 Å². The first-order chi connectivity index (χ1) is 11.2. The van der Waals surface area contributed by atoms with E-state index in [4.69, 9.17) is 14.2 Å². The number of hydrogen-bond acceptors (Lipinski definition) is 4. The number of nitrogens with one attached hydrogen (secondary N) is 1. The van der Waals surface area contributed by atoms with Gasteiger partial charge in [0.2, 0.25) is 0 Å². The summed E-state index contributed by atoms with van der Waals surface area (Å²) >= 11 is 0. The van der Waals surface area contributed by atoms with Gasteiger partial charge in [0.15, 0.2) is 11.5 Å². The number of amides is 2. The van der Waals surface area contributed by atoms with Crippen molar-refractivity contribution in [3.63, 3.8) is 0 Å². The highest BCUT2D eigenvalue weighted by Crippen LogP contribution is 2.33. The summed E-state index contributed by atoms with van der Waals surface area (Å²) in [6, 6.07) is 6.08. The number of morpholine rings is 1. The SMILES string of the molecule is CC(CCNC(=O)N1CCOCC1)c1ccc2c(c1)OCCO2. The van der Waals surface area contributed by atoms with Gasteiger partial charge in [-0.1, -0.05) is 13.0 Å². The Morgan fingerprint density at radius 3 is 2.70 bits per heavy atom. The Bertz CT molecular complexity index is 543. The molecule has 1 unspecified atom stereocenters. The number of carbonyl (C=O) groups excluding carboxylic acids is 1. The largest absolute Gasteiger partial charge is 0.486 e. The van der Waals surface area contributed by atoms with Crippen molar-refractivity contribution in [2.45, 2.75) is 19.3 Å². The van der Waals surface area contributed by atoms with Crippen molar-refractivity contribution in [1.29, 1.82) is 0 Å². The van der Waals surface area contributed by atoms with Gasteiger partial charge in [-0.15, -0.1) is 0 Å². The van der Waals surface area contributed by atoms with Crippen LogP contribution in [0.25, 0.3) is 0 Å². The molecule has 0 saturated carbocycles. The second-order valence-corrected chi connectivity index (χ2v) is 5.92. The first-order valence-corrected chi connectivity index (χ1v) is 8.24. The van der Waals surface area contributed by atoms with Crippen LogP contribution in [0.1, 0.15) is 24.8 Å². The van der Waals surface area contributed by atoms with Gasteiger partial charge in [-0.25, -0.2) is 4.79 Å². The van der Waals surface area contributed by atoms with Gasteiger partial charge < -0.3 is 24.4 Å². The summed E-state index contributed by atoms with van der Waals surface area (Å²) in [6.07, 6.45) is 0.885. The average Bonchev–Trinajstić information content (AvgIpc) is 2.61. The number of carbonyl (C=O) groups is 1. The standard InChI is InChI=1S/C17H24N2O4/c1-13(4-5-18-17(20)19-6-8-21-9-7-19)14-2-3-15-16(12-14)23-11-10-22-15/h2-3,12-13H,4-11H2,1H3,(H,18,20). The number of fused-ring (bicyclic) bond motifs is 1. The molecule has 6 heteroatoms. The fourth-order valence-corrected chi connectivity index (χ4v) is 2.81. The Kier molecular flexibility index (Phi) is 5.23. The molecule has 2 aliphatic rings. The second kappa shape index (κ2) is 7.55. The van der Waals surface area contributed by atoms with Gasteiger partial charge >= 0.3 is 6.03 Å². The van der Waals surface area contributed by atoms with E-state index in [1.807, 2.05) is 12.1 Å². The Morgan fingerprint density at radius 2 is 1.91 bits per heavy atom.